The average molecular weight is 381 g/mol. The van der Waals surface area contributed by atoms with Crippen molar-refractivity contribution in [1.82, 2.24) is 9.24 Å². The van der Waals surface area contributed by atoms with Gasteiger partial charge in [0.1, 0.15) is 6.61 Å². The Morgan fingerprint density at radius 2 is 1.59 bits per heavy atom. The Bertz CT molecular complexity index is 1330. The molecule has 2 N–H and O–H groups in total. The summed E-state index contributed by atoms with van der Waals surface area (Å²) in [6.07, 6.45) is 1.42. The second-order valence-corrected chi connectivity index (χ2v) is 6.96. The van der Waals surface area contributed by atoms with E-state index in [0.717, 1.165) is 38.6 Å². The molecule has 5 rings (SSSR count). The van der Waals surface area contributed by atoms with Gasteiger partial charge in [-0.05, 0) is 41.5 Å². The summed E-state index contributed by atoms with van der Waals surface area (Å²) in [5, 5.41) is 2.00. The minimum absolute atomic E-state index is 0.223. The number of benzene rings is 3. The lowest BCUT2D eigenvalue weighted by molar-refractivity contribution is 0.143. The van der Waals surface area contributed by atoms with E-state index in [1.165, 1.54) is 0 Å². The average Bonchev–Trinajstić information content (AvgIpc) is 3.33. The quantitative estimate of drug-likeness (QED) is 0.439. The van der Waals surface area contributed by atoms with Gasteiger partial charge in [0.15, 0.2) is 0 Å². The molecule has 0 spiro atoms. The van der Waals surface area contributed by atoms with Gasteiger partial charge < -0.3 is 10.6 Å². The Morgan fingerprint density at radius 3 is 2.45 bits per heavy atom. The van der Waals surface area contributed by atoms with E-state index < -0.39 is 6.09 Å². The highest BCUT2D eigenvalue weighted by Gasteiger charge is 2.18. The minimum Gasteiger partial charge on any atom is -0.444 e. The molecule has 0 unspecified atom stereocenters. The normalized spacial score (nSPS) is 11.2. The predicted octanol–water partition coefficient (Wildman–Crippen LogP) is 5.16. The number of nitrogen functional groups attached to an aromatic ring is 1. The number of para-hydroxylation sites is 1. The number of nitrogens with two attached hydrogens (primary N) is 1. The molecule has 0 fully saturated rings. The van der Waals surface area contributed by atoms with Crippen LogP contribution in [0.2, 0.25) is 0 Å². The van der Waals surface area contributed by atoms with Crippen molar-refractivity contribution < 1.29 is 9.53 Å². The van der Waals surface area contributed by atoms with Crippen LogP contribution in [0.25, 0.3) is 33.1 Å². The van der Waals surface area contributed by atoms with E-state index in [1.807, 2.05) is 91.1 Å². The summed E-state index contributed by atoms with van der Waals surface area (Å²) in [6, 6.07) is 27.4. The van der Waals surface area contributed by atoms with E-state index >= 15 is 0 Å². The monoisotopic (exact) mass is 381 g/mol. The van der Waals surface area contributed by atoms with Crippen molar-refractivity contribution in [3.63, 3.8) is 0 Å². The Balaban J connectivity index is 1.58. The van der Waals surface area contributed by atoms with Gasteiger partial charge in [-0.25, -0.2) is 9.36 Å². The second kappa shape index (κ2) is 6.87. The molecule has 0 saturated heterocycles. The van der Waals surface area contributed by atoms with E-state index in [4.69, 9.17) is 10.6 Å². The first kappa shape index (κ1) is 17.1. The van der Waals surface area contributed by atoms with Crippen molar-refractivity contribution in [2.45, 2.75) is 6.61 Å². The fraction of sp³-hybridized carbons (Fsp3) is 0.0417. The first-order valence-corrected chi connectivity index (χ1v) is 9.39. The van der Waals surface area contributed by atoms with Crippen molar-refractivity contribution in [1.29, 1.82) is 0 Å². The van der Waals surface area contributed by atoms with E-state index in [9.17, 15) is 4.79 Å². The number of rotatable bonds is 3. The molecule has 5 heteroatoms. The van der Waals surface area contributed by atoms with Crippen molar-refractivity contribution in [3.8, 4) is 11.3 Å². The second-order valence-electron chi connectivity index (χ2n) is 6.96. The van der Waals surface area contributed by atoms with E-state index in [-0.39, 0.29) is 6.61 Å². The smallest absolute Gasteiger partial charge is 0.419 e. The number of hydrogen-bond donors (Lipinski definition) is 1. The van der Waals surface area contributed by atoms with Crippen molar-refractivity contribution in [2.24, 2.45) is 0 Å². The SMILES string of the molecule is Nn1ccc2cc(-c3cc4ccccc4n3C(=O)OCc3ccccc3)ccc21. The molecule has 0 aliphatic rings. The number of carbonyl (C=O) groups is 1. The highest BCUT2D eigenvalue weighted by molar-refractivity contribution is 5.97. The van der Waals surface area contributed by atoms with Gasteiger partial charge in [0.25, 0.3) is 0 Å². The molecule has 2 aromatic heterocycles. The van der Waals surface area contributed by atoms with Gasteiger partial charge >= 0.3 is 6.09 Å². The van der Waals surface area contributed by atoms with Crippen LogP contribution in [0.15, 0.2) is 91.1 Å². The molecule has 5 nitrogen and oxygen atoms in total. The number of ether oxygens (including phenoxy) is 1. The molecule has 3 aromatic carbocycles. The molecule has 0 bridgehead atoms. The maximum atomic E-state index is 13.1. The molecule has 0 aliphatic heterocycles. The van der Waals surface area contributed by atoms with Crippen LogP contribution in [0, 0.1) is 0 Å². The predicted molar refractivity (Wildman–Crippen MR) is 115 cm³/mol. The lowest BCUT2D eigenvalue weighted by Gasteiger charge is -2.11. The Hall–Kier alpha value is -3.99. The molecule has 5 aromatic rings. The van der Waals surface area contributed by atoms with Gasteiger partial charge in [-0.3, -0.25) is 4.68 Å². The Kier molecular flexibility index (Phi) is 4.06. The summed E-state index contributed by atoms with van der Waals surface area (Å²) in [5.74, 6) is 5.94. The topological polar surface area (TPSA) is 62.2 Å². The number of nitrogens with zero attached hydrogens (tertiary/aromatic N) is 2. The van der Waals surface area contributed by atoms with Crippen LogP contribution in [0.4, 0.5) is 4.79 Å². The lowest BCUT2D eigenvalue weighted by Crippen LogP contribution is -2.14. The van der Waals surface area contributed by atoms with Crippen molar-refractivity contribution in [3.05, 3.63) is 96.7 Å². The van der Waals surface area contributed by atoms with Crippen molar-refractivity contribution >= 4 is 27.9 Å². The summed E-state index contributed by atoms with van der Waals surface area (Å²) in [4.78, 5) is 13.1. The van der Waals surface area contributed by atoms with Crippen LogP contribution in [0.5, 0.6) is 0 Å². The molecule has 0 radical (unpaired) electrons. The Labute approximate surface area is 167 Å². The zero-order valence-corrected chi connectivity index (χ0v) is 15.7. The zero-order valence-electron chi connectivity index (χ0n) is 15.7. The third-order valence-electron chi connectivity index (χ3n) is 5.11. The van der Waals surface area contributed by atoms with Crippen LogP contribution < -0.4 is 5.84 Å². The van der Waals surface area contributed by atoms with Crippen molar-refractivity contribution in [2.75, 3.05) is 5.84 Å². The molecule has 0 aliphatic carbocycles. The minimum atomic E-state index is -0.401. The molecule has 29 heavy (non-hydrogen) atoms. The molecule has 0 amide bonds. The standard InChI is InChI=1S/C24H19N3O2/c25-26-13-12-20-14-19(10-11-21(20)26)23-15-18-8-4-5-9-22(18)27(23)24(28)29-16-17-6-2-1-3-7-17/h1-15H,16,25H2. The molecule has 0 saturated carbocycles. The third kappa shape index (κ3) is 3.02. The highest BCUT2D eigenvalue weighted by atomic mass is 16.5. The maximum absolute atomic E-state index is 13.1. The van der Waals surface area contributed by atoms with Gasteiger partial charge in [-0.2, -0.15) is 0 Å². The summed E-state index contributed by atoms with van der Waals surface area (Å²) in [6.45, 7) is 0.223. The third-order valence-corrected chi connectivity index (χ3v) is 5.11. The van der Waals surface area contributed by atoms with Gasteiger partial charge in [0.2, 0.25) is 0 Å². The van der Waals surface area contributed by atoms with Crippen LogP contribution in [0.3, 0.4) is 0 Å². The first-order valence-electron chi connectivity index (χ1n) is 9.39. The first-order chi connectivity index (χ1) is 14.2. The summed E-state index contributed by atoms with van der Waals surface area (Å²) in [7, 11) is 0. The van der Waals surface area contributed by atoms with Gasteiger partial charge in [-0.1, -0.05) is 54.6 Å². The molecular formula is C24H19N3O2. The fourth-order valence-corrected chi connectivity index (χ4v) is 3.67. The summed E-state index contributed by atoms with van der Waals surface area (Å²) in [5.41, 5.74) is 4.41. The summed E-state index contributed by atoms with van der Waals surface area (Å²) >= 11 is 0. The summed E-state index contributed by atoms with van der Waals surface area (Å²) < 4.78 is 8.86. The van der Waals surface area contributed by atoms with Gasteiger partial charge in [-0.15, -0.1) is 0 Å². The number of aromatic nitrogens is 2. The fourth-order valence-electron chi connectivity index (χ4n) is 3.67. The van der Waals surface area contributed by atoms with Gasteiger partial charge in [0.05, 0.1) is 16.7 Å². The van der Waals surface area contributed by atoms with E-state index in [1.54, 1.807) is 9.24 Å². The van der Waals surface area contributed by atoms with Crippen LogP contribution in [0.1, 0.15) is 5.56 Å². The van der Waals surface area contributed by atoms with Gasteiger partial charge in [0, 0.05) is 17.0 Å². The van der Waals surface area contributed by atoms with Crippen LogP contribution >= 0.6 is 0 Å². The highest BCUT2D eigenvalue weighted by Crippen LogP contribution is 2.31. The molecule has 142 valence electrons. The number of carbonyl (C=O) groups excluding carboxylic acids is 1. The zero-order chi connectivity index (χ0) is 19.8. The number of fused-ring (bicyclic) bond motifs is 2. The molecular weight excluding hydrogens is 362 g/mol. The van der Waals surface area contributed by atoms with Crippen LogP contribution in [-0.4, -0.2) is 15.3 Å². The van der Waals surface area contributed by atoms with E-state index in [2.05, 4.69) is 0 Å². The lowest BCUT2D eigenvalue weighted by atomic mass is 10.1. The van der Waals surface area contributed by atoms with Crippen LogP contribution in [-0.2, 0) is 11.3 Å². The molecule has 0 atom stereocenters. The number of hydrogen-bond acceptors (Lipinski definition) is 3. The van der Waals surface area contributed by atoms with E-state index in [0.29, 0.717) is 0 Å². The largest absolute Gasteiger partial charge is 0.444 e. The Morgan fingerprint density at radius 1 is 0.828 bits per heavy atom. The molecule has 2 heterocycles. The maximum Gasteiger partial charge on any atom is 0.419 e.